The second kappa shape index (κ2) is 15.0. The molecule has 0 bridgehead atoms. The molecule has 0 saturated carbocycles. The lowest BCUT2D eigenvalue weighted by molar-refractivity contribution is 0.668. The molecular weight excluding hydrogens is 805 g/mol. The minimum Gasteiger partial charge on any atom is -0.454 e. The Morgan fingerprint density at radius 3 is 1.11 bits per heavy atom. The summed E-state index contributed by atoms with van der Waals surface area (Å²) in [5.41, 5.74) is 17.5. The zero-order chi connectivity index (χ0) is 45.1. The lowest BCUT2D eigenvalue weighted by Gasteiger charge is -2.33. The first-order chi connectivity index (χ1) is 32.1. The van der Waals surface area contributed by atoms with Gasteiger partial charge in [-0.05, 0) is 131 Å². The van der Waals surface area contributed by atoms with Crippen molar-refractivity contribution in [3.8, 4) is 0 Å². The number of aryl methyl sites for hydroxylation is 4. The molecule has 4 nitrogen and oxygen atoms in total. The normalized spacial score (nSPS) is 12.2. The van der Waals surface area contributed by atoms with Gasteiger partial charge in [0, 0.05) is 43.7 Å². The second-order valence-electron chi connectivity index (χ2n) is 19.0. The molecule has 0 saturated heterocycles. The monoisotopic (exact) mass is 856 g/mol. The van der Waals surface area contributed by atoms with Crippen LogP contribution in [0.1, 0.15) is 72.9 Å². The van der Waals surface area contributed by atoms with Gasteiger partial charge in [-0.3, -0.25) is 0 Å². The standard InChI is InChI=1S/C62H52N2O2/c1-35(2)49-33-53(63(51-21-13-9-17-37(51)5)59-39(7)25-27-45-41-19-11-15-23-55(41)65-61(45)59)47-32-30-44-50(36(3)4)34-54(48-31-29-43(49)57(47)58(44)48)64(52-22-14-10-18-38(52)6)60-40(8)26-28-46-42-20-12-16-24-56(42)66-62(46)60/h9-36H,1-8H3. The van der Waals surface area contributed by atoms with Gasteiger partial charge in [0.2, 0.25) is 0 Å². The van der Waals surface area contributed by atoms with Crippen molar-refractivity contribution in [2.24, 2.45) is 0 Å². The Hall–Kier alpha value is -7.56. The molecule has 2 aromatic heterocycles. The molecule has 0 radical (unpaired) electrons. The van der Waals surface area contributed by atoms with Crippen LogP contribution in [0.3, 0.4) is 0 Å². The van der Waals surface area contributed by atoms with Crippen LogP contribution in [0, 0.1) is 27.7 Å². The summed E-state index contributed by atoms with van der Waals surface area (Å²) in [4.78, 5) is 5.01. The maximum atomic E-state index is 6.91. The van der Waals surface area contributed by atoms with Crippen LogP contribution in [0.15, 0.2) is 167 Å². The average molecular weight is 857 g/mol. The van der Waals surface area contributed by atoms with E-state index in [1.165, 1.54) is 54.6 Å². The lowest BCUT2D eigenvalue weighted by atomic mass is 9.83. The van der Waals surface area contributed by atoms with E-state index in [-0.39, 0.29) is 11.8 Å². The van der Waals surface area contributed by atoms with Crippen molar-refractivity contribution >= 4 is 110 Å². The summed E-state index contributed by atoms with van der Waals surface area (Å²) in [5.74, 6) is 0.493. The largest absolute Gasteiger partial charge is 0.454 e. The van der Waals surface area contributed by atoms with E-state index in [2.05, 4.69) is 223 Å². The van der Waals surface area contributed by atoms with Gasteiger partial charge in [0.05, 0.1) is 22.7 Å². The molecule has 0 aliphatic rings. The highest BCUT2D eigenvalue weighted by Crippen LogP contribution is 2.54. The molecule has 0 aliphatic carbocycles. The van der Waals surface area contributed by atoms with Gasteiger partial charge in [-0.1, -0.05) is 149 Å². The molecular formula is C62H52N2O2. The number of nitrogens with zero attached hydrogens (tertiary/aromatic N) is 2. The number of hydrogen-bond donors (Lipinski definition) is 0. The van der Waals surface area contributed by atoms with Gasteiger partial charge in [-0.25, -0.2) is 0 Å². The van der Waals surface area contributed by atoms with Crippen molar-refractivity contribution in [3.63, 3.8) is 0 Å². The van der Waals surface area contributed by atoms with Crippen LogP contribution in [-0.2, 0) is 0 Å². The maximum absolute atomic E-state index is 6.91. The molecule has 12 rings (SSSR count). The van der Waals surface area contributed by atoms with E-state index in [4.69, 9.17) is 8.83 Å². The molecule has 0 atom stereocenters. The zero-order valence-corrected chi connectivity index (χ0v) is 38.9. The van der Waals surface area contributed by atoms with E-state index in [1.54, 1.807) is 0 Å². The maximum Gasteiger partial charge on any atom is 0.159 e. The number of furan rings is 2. The number of para-hydroxylation sites is 4. The minimum atomic E-state index is 0.246. The Morgan fingerprint density at radius 2 is 0.697 bits per heavy atom. The Balaban J connectivity index is 1.24. The first-order valence-electron chi connectivity index (χ1n) is 23.4. The number of anilines is 6. The van der Waals surface area contributed by atoms with Gasteiger partial charge in [0.1, 0.15) is 11.2 Å². The summed E-state index contributed by atoms with van der Waals surface area (Å²) in [6.45, 7) is 18.2. The molecule has 10 aromatic carbocycles. The van der Waals surface area contributed by atoms with Crippen LogP contribution in [0.2, 0.25) is 0 Å². The second-order valence-corrected chi connectivity index (χ2v) is 19.0. The van der Waals surface area contributed by atoms with Gasteiger partial charge in [0.15, 0.2) is 11.2 Å². The Labute approximate surface area is 385 Å². The topological polar surface area (TPSA) is 32.8 Å². The van der Waals surface area contributed by atoms with Gasteiger partial charge < -0.3 is 18.6 Å². The van der Waals surface area contributed by atoms with Gasteiger partial charge in [-0.15, -0.1) is 0 Å². The van der Waals surface area contributed by atoms with Crippen LogP contribution in [0.25, 0.3) is 76.2 Å². The van der Waals surface area contributed by atoms with Crippen LogP contribution < -0.4 is 9.80 Å². The third kappa shape index (κ3) is 5.83. The summed E-state index contributed by atoms with van der Waals surface area (Å²) < 4.78 is 13.8. The molecule has 0 N–H and O–H groups in total. The van der Waals surface area contributed by atoms with E-state index < -0.39 is 0 Å². The Bertz CT molecular complexity index is 3650. The van der Waals surface area contributed by atoms with E-state index in [0.717, 1.165) is 89.1 Å². The van der Waals surface area contributed by atoms with Crippen molar-refractivity contribution in [2.75, 3.05) is 9.80 Å². The molecule has 2 heterocycles. The third-order valence-electron chi connectivity index (χ3n) is 14.2. The summed E-state index contributed by atoms with van der Waals surface area (Å²) >= 11 is 0. The fourth-order valence-corrected chi connectivity index (χ4v) is 11.0. The van der Waals surface area contributed by atoms with Gasteiger partial charge in [0.25, 0.3) is 0 Å². The molecule has 322 valence electrons. The Kier molecular flexibility index (Phi) is 9.09. The van der Waals surface area contributed by atoms with Crippen LogP contribution >= 0.6 is 0 Å². The van der Waals surface area contributed by atoms with Crippen molar-refractivity contribution in [1.29, 1.82) is 0 Å². The number of rotatable bonds is 8. The van der Waals surface area contributed by atoms with Crippen molar-refractivity contribution < 1.29 is 8.83 Å². The molecule has 4 heteroatoms. The summed E-state index contributed by atoms with van der Waals surface area (Å²) in [6.07, 6.45) is 0. The highest BCUT2D eigenvalue weighted by molar-refractivity contribution is 6.30. The van der Waals surface area contributed by atoms with Crippen LogP contribution in [0.5, 0.6) is 0 Å². The number of fused-ring (bicyclic) bond motifs is 6. The summed E-state index contributed by atoms with van der Waals surface area (Å²) in [5, 5.41) is 12.0. The smallest absolute Gasteiger partial charge is 0.159 e. The van der Waals surface area contributed by atoms with E-state index in [1.807, 2.05) is 0 Å². The Morgan fingerprint density at radius 1 is 0.333 bits per heavy atom. The van der Waals surface area contributed by atoms with E-state index in [9.17, 15) is 0 Å². The molecule has 0 spiro atoms. The molecule has 0 aliphatic heterocycles. The lowest BCUT2D eigenvalue weighted by Crippen LogP contribution is -2.15. The van der Waals surface area contributed by atoms with Crippen LogP contribution in [0.4, 0.5) is 34.1 Å². The van der Waals surface area contributed by atoms with E-state index in [0.29, 0.717) is 0 Å². The molecule has 0 unspecified atom stereocenters. The first-order valence-corrected chi connectivity index (χ1v) is 23.4. The predicted molar refractivity (Wildman–Crippen MR) is 281 cm³/mol. The van der Waals surface area contributed by atoms with Gasteiger partial charge in [-0.2, -0.15) is 0 Å². The highest BCUT2D eigenvalue weighted by atomic mass is 16.3. The summed E-state index contributed by atoms with van der Waals surface area (Å²) in [7, 11) is 0. The first kappa shape index (κ1) is 40.0. The van der Waals surface area contributed by atoms with E-state index >= 15 is 0 Å². The molecule has 0 amide bonds. The fourth-order valence-electron chi connectivity index (χ4n) is 11.0. The molecule has 12 aromatic rings. The van der Waals surface area contributed by atoms with Crippen LogP contribution in [-0.4, -0.2) is 0 Å². The van der Waals surface area contributed by atoms with Crippen molar-refractivity contribution in [3.05, 3.63) is 191 Å². The minimum absolute atomic E-state index is 0.246. The summed E-state index contributed by atoms with van der Waals surface area (Å²) in [6, 6.07) is 57.9. The van der Waals surface area contributed by atoms with Gasteiger partial charge >= 0.3 is 0 Å². The quantitative estimate of drug-likeness (QED) is 0.143. The average Bonchev–Trinajstić information content (AvgIpc) is 3.89. The fraction of sp³-hybridized carbons (Fsp3) is 0.161. The predicted octanol–water partition coefficient (Wildman–Crippen LogP) is 18.8. The number of hydrogen-bond acceptors (Lipinski definition) is 4. The molecule has 66 heavy (non-hydrogen) atoms. The third-order valence-corrected chi connectivity index (χ3v) is 14.2. The highest BCUT2D eigenvalue weighted by Gasteiger charge is 2.30. The zero-order valence-electron chi connectivity index (χ0n) is 38.9. The molecule has 0 fully saturated rings. The van der Waals surface area contributed by atoms with Crippen molar-refractivity contribution in [2.45, 2.75) is 67.2 Å². The SMILES string of the molecule is Cc1ccccc1N(c1cc(C(C)C)c2ccc3c(N(c4ccccc4C)c4c(C)ccc5c4oc4ccccc45)cc(C(C)C)c4ccc1c2c43)c1c(C)ccc2c1oc1ccccc12. The van der Waals surface area contributed by atoms with Crippen molar-refractivity contribution in [1.82, 2.24) is 0 Å². The number of benzene rings is 10.